The van der Waals surface area contributed by atoms with Gasteiger partial charge in [-0.1, -0.05) is 0 Å². The molecule has 19 heavy (non-hydrogen) atoms. The monoisotopic (exact) mass is 265 g/mol. The van der Waals surface area contributed by atoms with Crippen LogP contribution < -0.4 is 4.74 Å². The minimum absolute atomic E-state index is 0.105. The highest BCUT2D eigenvalue weighted by atomic mass is 16.5. The van der Waals surface area contributed by atoms with Crippen molar-refractivity contribution in [1.82, 2.24) is 25.2 Å². The van der Waals surface area contributed by atoms with Gasteiger partial charge in [-0.3, -0.25) is 9.89 Å². The van der Waals surface area contributed by atoms with Gasteiger partial charge in [-0.15, -0.1) is 0 Å². The number of hydrogen-bond donors (Lipinski definition) is 1. The number of H-pyrrole nitrogens is 1. The average molecular weight is 265 g/mol. The lowest BCUT2D eigenvalue weighted by Gasteiger charge is -2.14. The number of aromatic amines is 1. The van der Waals surface area contributed by atoms with Gasteiger partial charge in [0.25, 0.3) is 11.8 Å². The predicted molar refractivity (Wildman–Crippen MR) is 64.3 cm³/mol. The molecule has 0 aliphatic rings. The highest BCUT2D eigenvalue weighted by molar-refractivity contribution is 5.77. The summed E-state index contributed by atoms with van der Waals surface area (Å²) in [4.78, 5) is 17.4. The topological polar surface area (TPSA) is 97.1 Å². The van der Waals surface area contributed by atoms with Crippen LogP contribution in [0.3, 0.4) is 0 Å². The van der Waals surface area contributed by atoms with E-state index < -0.39 is 0 Å². The first kappa shape index (κ1) is 13.1. The molecule has 2 rings (SSSR count). The Labute approximate surface area is 109 Å². The molecule has 8 heteroatoms. The maximum atomic E-state index is 11.8. The van der Waals surface area contributed by atoms with Crippen LogP contribution in [0.25, 0.3) is 0 Å². The zero-order chi connectivity index (χ0) is 13.8. The van der Waals surface area contributed by atoms with Gasteiger partial charge in [0.05, 0.1) is 6.54 Å². The van der Waals surface area contributed by atoms with Crippen LogP contribution in [-0.4, -0.2) is 44.8 Å². The van der Waals surface area contributed by atoms with Gasteiger partial charge in [0, 0.05) is 13.1 Å². The number of carbonyl (C=O) groups is 1. The molecule has 1 N–H and O–H groups in total. The first-order valence-electron chi connectivity index (χ1n) is 5.72. The molecule has 0 spiro atoms. The van der Waals surface area contributed by atoms with Crippen LogP contribution in [0.2, 0.25) is 0 Å². The lowest BCUT2D eigenvalue weighted by molar-refractivity contribution is -0.132. The highest BCUT2D eigenvalue weighted by Crippen LogP contribution is 2.09. The van der Waals surface area contributed by atoms with Crippen molar-refractivity contribution < 1.29 is 14.1 Å². The van der Waals surface area contributed by atoms with Gasteiger partial charge in [-0.2, -0.15) is 5.10 Å². The van der Waals surface area contributed by atoms with Crippen molar-refractivity contribution in [1.29, 1.82) is 0 Å². The van der Waals surface area contributed by atoms with Gasteiger partial charge >= 0.3 is 0 Å². The van der Waals surface area contributed by atoms with Crippen molar-refractivity contribution >= 4 is 5.91 Å². The van der Waals surface area contributed by atoms with E-state index in [1.807, 2.05) is 0 Å². The molecule has 0 saturated carbocycles. The van der Waals surface area contributed by atoms with E-state index in [9.17, 15) is 4.79 Å². The number of nitrogens with one attached hydrogen (secondary N) is 1. The molecule has 0 fully saturated rings. The SMILES string of the molecule is Cc1nc(CN(C)C(=O)COc2cc(C)on2)n[nH]1. The second-order valence-electron chi connectivity index (χ2n) is 4.15. The van der Waals surface area contributed by atoms with Gasteiger partial charge in [0.1, 0.15) is 11.6 Å². The molecule has 0 aromatic carbocycles. The number of aromatic nitrogens is 4. The lowest BCUT2D eigenvalue weighted by atomic mass is 10.5. The summed E-state index contributed by atoms with van der Waals surface area (Å²) in [6.07, 6.45) is 0. The molecule has 0 aliphatic heterocycles. The molecular formula is C11H15N5O3. The van der Waals surface area contributed by atoms with Crippen molar-refractivity contribution in [3.05, 3.63) is 23.5 Å². The van der Waals surface area contributed by atoms with Crippen LogP contribution >= 0.6 is 0 Å². The highest BCUT2D eigenvalue weighted by Gasteiger charge is 2.13. The number of hydrogen-bond acceptors (Lipinski definition) is 6. The van der Waals surface area contributed by atoms with E-state index in [0.29, 0.717) is 29.8 Å². The third-order valence-electron chi connectivity index (χ3n) is 2.40. The fraction of sp³-hybridized carbons (Fsp3) is 0.455. The summed E-state index contributed by atoms with van der Waals surface area (Å²) in [5.74, 6) is 2.01. The largest absolute Gasteiger partial charge is 0.465 e. The van der Waals surface area contributed by atoms with Crippen LogP contribution in [0.15, 0.2) is 10.6 Å². The summed E-state index contributed by atoms with van der Waals surface area (Å²) >= 11 is 0. The number of carbonyl (C=O) groups excluding carboxylic acids is 1. The molecule has 8 nitrogen and oxygen atoms in total. The quantitative estimate of drug-likeness (QED) is 0.842. The molecule has 0 unspecified atom stereocenters. The standard InChI is InChI=1S/C11H15N5O3/c1-7-4-10(15-19-7)18-6-11(17)16(3)5-9-12-8(2)13-14-9/h4H,5-6H2,1-3H3,(H,12,13,14). The normalized spacial score (nSPS) is 10.5. The summed E-state index contributed by atoms with van der Waals surface area (Å²) in [5.41, 5.74) is 0. The summed E-state index contributed by atoms with van der Waals surface area (Å²) < 4.78 is 10.0. The first-order valence-corrected chi connectivity index (χ1v) is 5.72. The second-order valence-corrected chi connectivity index (χ2v) is 4.15. The third kappa shape index (κ3) is 3.54. The van der Waals surface area contributed by atoms with E-state index in [2.05, 4.69) is 20.3 Å². The second kappa shape index (κ2) is 5.51. The Kier molecular flexibility index (Phi) is 3.79. The Hall–Kier alpha value is -2.38. The fourth-order valence-corrected chi connectivity index (χ4v) is 1.42. The smallest absolute Gasteiger partial charge is 0.260 e. The molecule has 1 amide bonds. The molecule has 2 heterocycles. The first-order chi connectivity index (χ1) is 9.04. The Morgan fingerprint density at radius 2 is 2.32 bits per heavy atom. The minimum Gasteiger partial charge on any atom is -0.465 e. The summed E-state index contributed by atoms with van der Waals surface area (Å²) in [7, 11) is 1.66. The minimum atomic E-state index is -0.192. The van der Waals surface area contributed by atoms with E-state index in [1.54, 1.807) is 27.0 Å². The maximum absolute atomic E-state index is 11.8. The van der Waals surface area contributed by atoms with Crippen LogP contribution in [0, 0.1) is 13.8 Å². The number of likely N-dealkylation sites (N-methyl/N-ethyl adjacent to an activating group) is 1. The van der Waals surface area contributed by atoms with Gasteiger partial charge < -0.3 is 14.2 Å². The number of amides is 1. The van der Waals surface area contributed by atoms with Crippen molar-refractivity contribution in [3.8, 4) is 5.88 Å². The Morgan fingerprint density at radius 1 is 1.53 bits per heavy atom. The fourth-order valence-electron chi connectivity index (χ4n) is 1.42. The Balaban J connectivity index is 1.82. The number of ether oxygens (including phenoxy) is 1. The third-order valence-corrected chi connectivity index (χ3v) is 2.40. The lowest BCUT2D eigenvalue weighted by Crippen LogP contribution is -2.31. The zero-order valence-corrected chi connectivity index (χ0v) is 11.0. The molecule has 0 bridgehead atoms. The molecule has 2 aromatic rings. The maximum Gasteiger partial charge on any atom is 0.260 e. The summed E-state index contributed by atoms with van der Waals surface area (Å²) in [5, 5.41) is 10.3. The zero-order valence-electron chi connectivity index (χ0n) is 11.0. The van der Waals surface area contributed by atoms with E-state index in [1.165, 1.54) is 4.90 Å². The molecule has 0 atom stereocenters. The Bertz CT molecular complexity index is 562. The van der Waals surface area contributed by atoms with E-state index >= 15 is 0 Å². The number of rotatable bonds is 5. The molecule has 102 valence electrons. The molecule has 0 radical (unpaired) electrons. The van der Waals surface area contributed by atoms with Crippen LogP contribution in [0.5, 0.6) is 5.88 Å². The number of nitrogens with zero attached hydrogens (tertiary/aromatic N) is 4. The predicted octanol–water partition coefficient (Wildman–Crippen LogP) is 0.447. The molecule has 2 aromatic heterocycles. The number of aryl methyl sites for hydroxylation is 2. The average Bonchev–Trinajstić information content (AvgIpc) is 2.95. The van der Waals surface area contributed by atoms with E-state index in [4.69, 9.17) is 9.26 Å². The van der Waals surface area contributed by atoms with Crippen LogP contribution in [0.4, 0.5) is 0 Å². The summed E-state index contributed by atoms with van der Waals surface area (Å²) in [6, 6.07) is 1.62. The van der Waals surface area contributed by atoms with Gasteiger partial charge in [-0.05, 0) is 19.0 Å². The molecular weight excluding hydrogens is 250 g/mol. The Morgan fingerprint density at radius 3 is 2.89 bits per heavy atom. The van der Waals surface area contributed by atoms with Crippen molar-refractivity contribution in [2.24, 2.45) is 0 Å². The van der Waals surface area contributed by atoms with Crippen molar-refractivity contribution in [2.45, 2.75) is 20.4 Å². The van der Waals surface area contributed by atoms with Gasteiger partial charge in [0.2, 0.25) is 0 Å². The summed E-state index contributed by atoms with van der Waals surface area (Å²) in [6.45, 7) is 3.77. The van der Waals surface area contributed by atoms with E-state index in [-0.39, 0.29) is 12.5 Å². The van der Waals surface area contributed by atoms with Crippen molar-refractivity contribution in [2.75, 3.05) is 13.7 Å². The van der Waals surface area contributed by atoms with Crippen LogP contribution in [-0.2, 0) is 11.3 Å². The van der Waals surface area contributed by atoms with Crippen LogP contribution in [0.1, 0.15) is 17.4 Å². The van der Waals surface area contributed by atoms with Gasteiger partial charge in [-0.25, -0.2) is 4.98 Å². The molecule has 0 saturated heterocycles. The van der Waals surface area contributed by atoms with Gasteiger partial charge in [0.15, 0.2) is 12.4 Å². The molecule has 0 aliphatic carbocycles. The van der Waals surface area contributed by atoms with E-state index in [0.717, 1.165) is 0 Å². The van der Waals surface area contributed by atoms with Crippen molar-refractivity contribution in [3.63, 3.8) is 0 Å².